The van der Waals surface area contributed by atoms with E-state index in [1.165, 1.54) is 30.4 Å². The first kappa shape index (κ1) is 14.2. The van der Waals surface area contributed by atoms with Gasteiger partial charge in [-0.05, 0) is 37.5 Å². The standard InChI is InChI=1S/C16H25NO2/c1-12-13(18-2)7-8-14(19-3)15(12)16(11-17)9-5-4-6-10-16/h7-8H,4-6,9-11,17H2,1-3H3. The molecule has 0 spiro atoms. The van der Waals surface area contributed by atoms with Crippen LogP contribution in [0.5, 0.6) is 11.5 Å². The van der Waals surface area contributed by atoms with E-state index in [9.17, 15) is 0 Å². The molecule has 0 aromatic heterocycles. The third-order valence-electron chi connectivity index (χ3n) is 4.55. The number of hydrogen-bond acceptors (Lipinski definition) is 3. The molecule has 1 aromatic rings. The molecule has 2 rings (SSSR count). The maximum atomic E-state index is 6.16. The monoisotopic (exact) mass is 263 g/mol. The van der Waals surface area contributed by atoms with E-state index >= 15 is 0 Å². The average Bonchev–Trinajstić information content (AvgIpc) is 2.47. The highest BCUT2D eigenvalue weighted by atomic mass is 16.5. The Morgan fingerprint density at radius 3 is 2.16 bits per heavy atom. The lowest BCUT2D eigenvalue weighted by atomic mass is 9.68. The fraction of sp³-hybridized carbons (Fsp3) is 0.625. The fourth-order valence-corrected chi connectivity index (χ4v) is 3.50. The molecular formula is C16H25NO2. The second kappa shape index (κ2) is 5.83. The zero-order valence-corrected chi connectivity index (χ0v) is 12.3. The van der Waals surface area contributed by atoms with E-state index in [4.69, 9.17) is 15.2 Å². The Kier molecular flexibility index (Phi) is 4.35. The van der Waals surface area contributed by atoms with Gasteiger partial charge in [0.25, 0.3) is 0 Å². The van der Waals surface area contributed by atoms with Crippen molar-refractivity contribution in [3.8, 4) is 11.5 Å². The molecule has 1 fully saturated rings. The highest BCUT2D eigenvalue weighted by molar-refractivity contribution is 5.52. The van der Waals surface area contributed by atoms with Crippen LogP contribution in [0.4, 0.5) is 0 Å². The Balaban J connectivity index is 2.57. The highest BCUT2D eigenvalue weighted by Crippen LogP contribution is 2.46. The minimum Gasteiger partial charge on any atom is -0.496 e. The number of benzene rings is 1. The molecule has 0 heterocycles. The normalized spacial score (nSPS) is 18.1. The molecule has 0 unspecified atom stereocenters. The zero-order chi connectivity index (χ0) is 13.9. The summed E-state index contributed by atoms with van der Waals surface area (Å²) in [5.74, 6) is 1.87. The largest absolute Gasteiger partial charge is 0.496 e. The number of methoxy groups -OCH3 is 2. The second-order valence-electron chi connectivity index (χ2n) is 5.52. The first-order valence-electron chi connectivity index (χ1n) is 7.10. The Labute approximate surface area is 116 Å². The third-order valence-corrected chi connectivity index (χ3v) is 4.55. The maximum Gasteiger partial charge on any atom is 0.123 e. The van der Waals surface area contributed by atoms with Gasteiger partial charge in [-0.3, -0.25) is 0 Å². The lowest BCUT2D eigenvalue weighted by Gasteiger charge is -2.39. The molecule has 0 amide bonds. The molecule has 0 aliphatic heterocycles. The van der Waals surface area contributed by atoms with Gasteiger partial charge in [-0.25, -0.2) is 0 Å². The first-order chi connectivity index (χ1) is 9.18. The van der Waals surface area contributed by atoms with Crippen LogP contribution >= 0.6 is 0 Å². The molecule has 2 N–H and O–H groups in total. The minimum absolute atomic E-state index is 0.0578. The number of ether oxygens (including phenoxy) is 2. The van der Waals surface area contributed by atoms with Gasteiger partial charge in [0.05, 0.1) is 14.2 Å². The van der Waals surface area contributed by atoms with Crippen LogP contribution in [0.3, 0.4) is 0 Å². The van der Waals surface area contributed by atoms with E-state index < -0.39 is 0 Å². The van der Waals surface area contributed by atoms with Gasteiger partial charge in [-0.1, -0.05) is 19.3 Å². The van der Waals surface area contributed by atoms with E-state index in [1.807, 2.05) is 12.1 Å². The number of rotatable bonds is 4. The first-order valence-corrected chi connectivity index (χ1v) is 7.10. The Morgan fingerprint density at radius 2 is 1.63 bits per heavy atom. The SMILES string of the molecule is COc1ccc(OC)c(C2(CN)CCCCC2)c1C. The quantitative estimate of drug-likeness (QED) is 0.907. The predicted octanol–water partition coefficient (Wildman–Crippen LogP) is 3.17. The van der Waals surface area contributed by atoms with Crippen molar-refractivity contribution in [2.45, 2.75) is 44.4 Å². The molecule has 19 heavy (non-hydrogen) atoms. The van der Waals surface area contributed by atoms with E-state index in [0.29, 0.717) is 6.54 Å². The topological polar surface area (TPSA) is 44.5 Å². The lowest BCUT2D eigenvalue weighted by molar-refractivity contribution is 0.284. The van der Waals surface area contributed by atoms with Gasteiger partial charge in [0, 0.05) is 17.5 Å². The van der Waals surface area contributed by atoms with Crippen molar-refractivity contribution in [1.82, 2.24) is 0 Å². The van der Waals surface area contributed by atoms with Crippen molar-refractivity contribution in [2.24, 2.45) is 5.73 Å². The van der Waals surface area contributed by atoms with E-state index in [0.717, 1.165) is 24.3 Å². The lowest BCUT2D eigenvalue weighted by Crippen LogP contribution is -2.38. The van der Waals surface area contributed by atoms with Crippen LogP contribution in [0.25, 0.3) is 0 Å². The van der Waals surface area contributed by atoms with Crippen molar-refractivity contribution >= 4 is 0 Å². The summed E-state index contributed by atoms with van der Waals surface area (Å²) in [7, 11) is 3.45. The summed E-state index contributed by atoms with van der Waals surface area (Å²) in [5, 5.41) is 0. The van der Waals surface area contributed by atoms with Crippen LogP contribution < -0.4 is 15.2 Å². The molecule has 3 nitrogen and oxygen atoms in total. The number of nitrogens with two attached hydrogens (primary N) is 1. The van der Waals surface area contributed by atoms with Gasteiger partial charge in [-0.15, -0.1) is 0 Å². The summed E-state index contributed by atoms with van der Waals surface area (Å²) in [6.07, 6.45) is 6.10. The van der Waals surface area contributed by atoms with Gasteiger partial charge in [0.2, 0.25) is 0 Å². The molecular weight excluding hydrogens is 238 g/mol. The summed E-state index contributed by atoms with van der Waals surface area (Å²) in [6, 6.07) is 3.98. The van der Waals surface area contributed by atoms with Crippen LogP contribution in [-0.2, 0) is 5.41 Å². The summed E-state index contributed by atoms with van der Waals surface area (Å²) in [5.41, 5.74) is 8.65. The molecule has 0 radical (unpaired) electrons. The summed E-state index contributed by atoms with van der Waals surface area (Å²) < 4.78 is 11.1. The highest BCUT2D eigenvalue weighted by Gasteiger charge is 2.37. The summed E-state index contributed by atoms with van der Waals surface area (Å²) >= 11 is 0. The summed E-state index contributed by atoms with van der Waals surface area (Å²) in [6.45, 7) is 2.79. The van der Waals surface area contributed by atoms with Crippen molar-refractivity contribution in [1.29, 1.82) is 0 Å². The molecule has 1 aromatic carbocycles. The molecule has 1 aliphatic rings. The zero-order valence-electron chi connectivity index (χ0n) is 12.3. The van der Waals surface area contributed by atoms with Gasteiger partial charge < -0.3 is 15.2 Å². The van der Waals surface area contributed by atoms with Crippen molar-refractivity contribution in [3.63, 3.8) is 0 Å². The molecule has 1 aliphatic carbocycles. The van der Waals surface area contributed by atoms with Gasteiger partial charge in [0.15, 0.2) is 0 Å². The molecule has 1 saturated carbocycles. The molecule has 0 bridgehead atoms. The van der Waals surface area contributed by atoms with Crippen LogP contribution in [0.15, 0.2) is 12.1 Å². The van der Waals surface area contributed by atoms with Gasteiger partial charge >= 0.3 is 0 Å². The second-order valence-corrected chi connectivity index (χ2v) is 5.52. The van der Waals surface area contributed by atoms with Crippen molar-refractivity contribution in [3.05, 3.63) is 23.3 Å². The molecule has 3 heteroatoms. The third kappa shape index (κ3) is 2.44. The minimum atomic E-state index is 0.0578. The van der Waals surface area contributed by atoms with Crippen LogP contribution in [-0.4, -0.2) is 20.8 Å². The van der Waals surface area contributed by atoms with E-state index in [2.05, 4.69) is 6.92 Å². The van der Waals surface area contributed by atoms with E-state index in [1.54, 1.807) is 14.2 Å². The molecule has 106 valence electrons. The average molecular weight is 263 g/mol. The summed E-state index contributed by atoms with van der Waals surface area (Å²) in [4.78, 5) is 0. The maximum absolute atomic E-state index is 6.16. The van der Waals surface area contributed by atoms with Gasteiger partial charge in [-0.2, -0.15) is 0 Å². The number of hydrogen-bond donors (Lipinski definition) is 1. The predicted molar refractivity (Wildman–Crippen MR) is 78.1 cm³/mol. The van der Waals surface area contributed by atoms with Crippen LogP contribution in [0.1, 0.15) is 43.2 Å². The van der Waals surface area contributed by atoms with Crippen molar-refractivity contribution in [2.75, 3.05) is 20.8 Å². The van der Waals surface area contributed by atoms with Crippen LogP contribution in [0, 0.1) is 6.92 Å². The fourth-order valence-electron chi connectivity index (χ4n) is 3.50. The Bertz CT molecular complexity index is 437. The smallest absolute Gasteiger partial charge is 0.123 e. The van der Waals surface area contributed by atoms with Gasteiger partial charge in [0.1, 0.15) is 11.5 Å². The van der Waals surface area contributed by atoms with E-state index in [-0.39, 0.29) is 5.41 Å². The van der Waals surface area contributed by atoms with Crippen molar-refractivity contribution < 1.29 is 9.47 Å². The molecule has 0 atom stereocenters. The Hall–Kier alpha value is -1.22. The Morgan fingerprint density at radius 1 is 1.05 bits per heavy atom. The van der Waals surface area contributed by atoms with Crippen LogP contribution in [0.2, 0.25) is 0 Å². The molecule has 0 saturated heterocycles.